The fourth-order valence-electron chi connectivity index (χ4n) is 2.76. The van der Waals surface area contributed by atoms with Crippen molar-refractivity contribution in [3.63, 3.8) is 0 Å². The van der Waals surface area contributed by atoms with E-state index in [1.54, 1.807) is 0 Å². The first kappa shape index (κ1) is 14.7. The molecule has 0 saturated carbocycles. The van der Waals surface area contributed by atoms with Gasteiger partial charge in [-0.2, -0.15) is 0 Å². The van der Waals surface area contributed by atoms with E-state index in [0.29, 0.717) is 6.04 Å². The lowest BCUT2D eigenvalue weighted by molar-refractivity contribution is 0.518. The quantitative estimate of drug-likeness (QED) is 0.888. The van der Waals surface area contributed by atoms with E-state index in [-0.39, 0.29) is 5.54 Å². The number of hydrogen-bond acceptors (Lipinski definition) is 2. The minimum absolute atomic E-state index is 0.224. The van der Waals surface area contributed by atoms with Gasteiger partial charge in [0.1, 0.15) is 0 Å². The molecule has 1 heterocycles. The summed E-state index contributed by atoms with van der Waals surface area (Å²) >= 11 is 6.48. The van der Waals surface area contributed by atoms with Crippen molar-refractivity contribution in [3.8, 4) is 0 Å². The van der Waals surface area contributed by atoms with Crippen molar-refractivity contribution in [1.29, 1.82) is 0 Å². The van der Waals surface area contributed by atoms with E-state index in [2.05, 4.69) is 56.1 Å². The molecule has 19 heavy (non-hydrogen) atoms. The second-order valence-electron chi connectivity index (χ2n) is 6.39. The van der Waals surface area contributed by atoms with E-state index in [1.807, 2.05) is 0 Å². The van der Waals surface area contributed by atoms with Crippen LogP contribution in [-0.4, -0.2) is 18.1 Å². The number of benzene rings is 1. The van der Waals surface area contributed by atoms with E-state index in [4.69, 9.17) is 11.6 Å². The lowest BCUT2D eigenvalue weighted by atomic mass is 10.0. The lowest BCUT2D eigenvalue weighted by Gasteiger charge is -2.34. The largest absolute Gasteiger partial charge is 0.365 e. The Morgan fingerprint density at radius 1 is 1.37 bits per heavy atom. The van der Waals surface area contributed by atoms with Gasteiger partial charge in [-0.15, -0.1) is 0 Å². The molecule has 1 aliphatic rings. The van der Waals surface area contributed by atoms with Gasteiger partial charge in [-0.3, -0.25) is 0 Å². The van der Waals surface area contributed by atoms with Crippen LogP contribution < -0.4 is 10.2 Å². The summed E-state index contributed by atoms with van der Waals surface area (Å²) in [4.78, 5) is 2.44. The molecule has 1 aromatic rings. The van der Waals surface area contributed by atoms with Gasteiger partial charge < -0.3 is 10.2 Å². The molecular formula is C16H25ClN2. The van der Waals surface area contributed by atoms with Gasteiger partial charge in [0.15, 0.2) is 0 Å². The highest BCUT2D eigenvalue weighted by atomic mass is 35.5. The highest BCUT2D eigenvalue weighted by Crippen LogP contribution is 2.37. The molecule has 0 unspecified atom stereocenters. The number of nitrogens with zero attached hydrogens (tertiary/aromatic N) is 1. The Morgan fingerprint density at radius 2 is 2.11 bits per heavy atom. The molecule has 0 radical (unpaired) electrons. The first-order valence-corrected chi connectivity index (χ1v) is 7.57. The van der Waals surface area contributed by atoms with Crippen LogP contribution in [0.2, 0.25) is 5.02 Å². The zero-order valence-corrected chi connectivity index (χ0v) is 13.2. The van der Waals surface area contributed by atoms with Crippen LogP contribution in [-0.2, 0) is 6.54 Å². The van der Waals surface area contributed by atoms with Gasteiger partial charge in [0.05, 0.1) is 10.7 Å². The summed E-state index contributed by atoms with van der Waals surface area (Å²) < 4.78 is 0. The minimum atomic E-state index is 0.224. The van der Waals surface area contributed by atoms with Crippen LogP contribution in [0, 0.1) is 0 Å². The van der Waals surface area contributed by atoms with Crippen LogP contribution in [0.5, 0.6) is 0 Å². The van der Waals surface area contributed by atoms with Crippen LogP contribution in [0.1, 0.15) is 46.1 Å². The first-order valence-electron chi connectivity index (χ1n) is 7.19. The van der Waals surface area contributed by atoms with Crippen LogP contribution in [0.15, 0.2) is 18.2 Å². The summed E-state index contributed by atoms with van der Waals surface area (Å²) in [5.74, 6) is 0. The van der Waals surface area contributed by atoms with Gasteiger partial charge in [-0.1, -0.05) is 31.5 Å². The van der Waals surface area contributed by atoms with Crippen molar-refractivity contribution >= 4 is 17.3 Å². The average Bonchev–Trinajstić information content (AvgIpc) is 2.66. The van der Waals surface area contributed by atoms with E-state index in [0.717, 1.165) is 18.1 Å². The predicted octanol–water partition coefficient (Wildman–Crippen LogP) is 4.22. The molecule has 2 nitrogen and oxygen atoms in total. The Bertz CT molecular complexity index is 440. The highest BCUT2D eigenvalue weighted by Gasteiger charge is 2.32. The van der Waals surface area contributed by atoms with E-state index in [9.17, 15) is 0 Å². The monoisotopic (exact) mass is 280 g/mol. The third-order valence-electron chi connectivity index (χ3n) is 3.92. The summed E-state index contributed by atoms with van der Waals surface area (Å²) in [6.07, 6.45) is 2.49. The lowest BCUT2D eigenvalue weighted by Crippen LogP contribution is -2.38. The van der Waals surface area contributed by atoms with Gasteiger partial charge in [0.2, 0.25) is 0 Å². The summed E-state index contributed by atoms with van der Waals surface area (Å²) in [5, 5.41) is 4.30. The molecule has 0 aliphatic carbocycles. The Morgan fingerprint density at radius 3 is 2.63 bits per heavy atom. The molecule has 0 atom stereocenters. The number of nitrogens with one attached hydrogen (secondary N) is 1. The first-order chi connectivity index (χ1) is 8.90. The Hall–Kier alpha value is -0.730. The predicted molar refractivity (Wildman–Crippen MR) is 84.1 cm³/mol. The third kappa shape index (κ3) is 3.43. The van der Waals surface area contributed by atoms with Gasteiger partial charge >= 0.3 is 0 Å². The molecule has 0 bridgehead atoms. The maximum Gasteiger partial charge on any atom is 0.0642 e. The number of anilines is 1. The van der Waals surface area contributed by atoms with Crippen molar-refractivity contribution in [2.45, 2.75) is 58.7 Å². The topological polar surface area (TPSA) is 15.3 Å². The zero-order chi connectivity index (χ0) is 14.0. The van der Waals surface area contributed by atoms with Crippen LogP contribution >= 0.6 is 11.6 Å². The number of rotatable bonds is 4. The molecule has 1 saturated heterocycles. The molecule has 1 fully saturated rings. The maximum absolute atomic E-state index is 6.48. The van der Waals surface area contributed by atoms with Crippen molar-refractivity contribution < 1.29 is 0 Å². The second kappa shape index (κ2) is 5.72. The van der Waals surface area contributed by atoms with Gasteiger partial charge in [0.25, 0.3) is 0 Å². The van der Waals surface area contributed by atoms with Crippen molar-refractivity contribution in [2.24, 2.45) is 0 Å². The molecule has 0 spiro atoms. The minimum Gasteiger partial charge on any atom is -0.365 e. The summed E-state index contributed by atoms with van der Waals surface area (Å²) in [6.45, 7) is 10.9. The highest BCUT2D eigenvalue weighted by molar-refractivity contribution is 6.33. The van der Waals surface area contributed by atoms with Crippen molar-refractivity contribution in [1.82, 2.24) is 5.32 Å². The van der Waals surface area contributed by atoms with Crippen LogP contribution in [0.3, 0.4) is 0 Å². The van der Waals surface area contributed by atoms with Gasteiger partial charge in [-0.25, -0.2) is 0 Å². The van der Waals surface area contributed by atoms with Gasteiger partial charge in [0, 0.05) is 24.7 Å². The van der Waals surface area contributed by atoms with E-state index < -0.39 is 0 Å². The SMILES string of the molecule is CC(C)NCc1ccc(N2CCCC2(C)C)c(Cl)c1. The molecule has 1 aliphatic heterocycles. The van der Waals surface area contributed by atoms with Gasteiger partial charge in [-0.05, 0) is 44.4 Å². The average molecular weight is 281 g/mol. The molecule has 2 rings (SSSR count). The smallest absolute Gasteiger partial charge is 0.0642 e. The van der Waals surface area contributed by atoms with E-state index >= 15 is 0 Å². The molecule has 1 N–H and O–H groups in total. The summed E-state index contributed by atoms with van der Waals surface area (Å²) in [6, 6.07) is 6.95. The Labute approximate surface area is 122 Å². The molecule has 1 aromatic carbocycles. The normalized spacial score (nSPS) is 18.3. The molecule has 0 amide bonds. The number of halogens is 1. The molecule has 0 aromatic heterocycles. The fraction of sp³-hybridized carbons (Fsp3) is 0.625. The standard InChI is InChI=1S/C16H25ClN2/c1-12(2)18-11-13-6-7-15(14(17)10-13)19-9-5-8-16(19,3)4/h6-7,10,12,18H,5,8-9,11H2,1-4H3. The molecule has 3 heteroatoms. The Balaban J connectivity index is 2.15. The number of hydrogen-bond donors (Lipinski definition) is 1. The fourth-order valence-corrected chi connectivity index (χ4v) is 3.06. The van der Waals surface area contributed by atoms with Crippen LogP contribution in [0.25, 0.3) is 0 Å². The second-order valence-corrected chi connectivity index (χ2v) is 6.80. The third-order valence-corrected chi connectivity index (χ3v) is 4.22. The zero-order valence-electron chi connectivity index (χ0n) is 12.5. The summed E-state index contributed by atoms with van der Waals surface area (Å²) in [5.41, 5.74) is 2.65. The van der Waals surface area contributed by atoms with E-state index in [1.165, 1.54) is 24.1 Å². The Kier molecular flexibility index (Phi) is 4.42. The summed E-state index contributed by atoms with van der Waals surface area (Å²) in [7, 11) is 0. The van der Waals surface area contributed by atoms with Crippen LogP contribution in [0.4, 0.5) is 5.69 Å². The van der Waals surface area contributed by atoms with Crippen molar-refractivity contribution in [3.05, 3.63) is 28.8 Å². The van der Waals surface area contributed by atoms with Crippen molar-refractivity contribution in [2.75, 3.05) is 11.4 Å². The molecular weight excluding hydrogens is 256 g/mol. The maximum atomic E-state index is 6.48. The molecule has 106 valence electrons.